The second-order valence-electron chi connectivity index (χ2n) is 9.49. The SMILES string of the molecule is CC(C)c1cnn2c(N[C@@H]3CCc4[nH]c5ccccc5c4C3)nc(C3CCOCC3)nc12. The van der Waals surface area contributed by atoms with Gasteiger partial charge in [-0.05, 0) is 49.7 Å². The van der Waals surface area contributed by atoms with Crippen molar-refractivity contribution in [3.8, 4) is 0 Å². The van der Waals surface area contributed by atoms with Crippen LogP contribution in [0.1, 0.15) is 67.6 Å². The quantitative estimate of drug-likeness (QED) is 0.495. The van der Waals surface area contributed by atoms with Gasteiger partial charge in [-0.2, -0.15) is 14.6 Å². The first-order valence-corrected chi connectivity index (χ1v) is 11.9. The Balaban J connectivity index is 1.36. The maximum Gasteiger partial charge on any atom is 0.227 e. The number of aryl methyl sites for hydroxylation is 1. The summed E-state index contributed by atoms with van der Waals surface area (Å²) in [7, 11) is 0. The smallest absolute Gasteiger partial charge is 0.227 e. The van der Waals surface area contributed by atoms with Crippen molar-refractivity contribution in [3.63, 3.8) is 0 Å². The molecule has 0 amide bonds. The molecule has 0 radical (unpaired) electrons. The molecule has 166 valence electrons. The van der Waals surface area contributed by atoms with Crippen molar-refractivity contribution in [2.75, 3.05) is 18.5 Å². The van der Waals surface area contributed by atoms with Crippen LogP contribution in [0, 0.1) is 0 Å². The molecular weight excluding hydrogens is 400 g/mol. The zero-order valence-corrected chi connectivity index (χ0v) is 18.8. The molecule has 7 nitrogen and oxygen atoms in total. The van der Waals surface area contributed by atoms with Gasteiger partial charge in [-0.1, -0.05) is 32.0 Å². The van der Waals surface area contributed by atoms with Gasteiger partial charge >= 0.3 is 0 Å². The summed E-state index contributed by atoms with van der Waals surface area (Å²) in [6.45, 7) is 5.95. The van der Waals surface area contributed by atoms with Crippen molar-refractivity contribution in [1.82, 2.24) is 24.6 Å². The fourth-order valence-electron chi connectivity index (χ4n) is 5.23. The number of fused-ring (bicyclic) bond motifs is 4. The van der Waals surface area contributed by atoms with Crippen LogP contribution in [-0.4, -0.2) is 43.8 Å². The van der Waals surface area contributed by atoms with Gasteiger partial charge in [-0.15, -0.1) is 0 Å². The van der Waals surface area contributed by atoms with Crippen molar-refractivity contribution < 1.29 is 4.74 Å². The molecule has 0 bridgehead atoms. The summed E-state index contributed by atoms with van der Waals surface area (Å²) < 4.78 is 7.48. The molecule has 0 spiro atoms. The van der Waals surface area contributed by atoms with Gasteiger partial charge in [0.05, 0.1) is 6.20 Å². The third kappa shape index (κ3) is 3.35. The Bertz CT molecular complexity index is 1270. The molecule has 0 unspecified atom stereocenters. The van der Waals surface area contributed by atoms with Gasteiger partial charge < -0.3 is 15.0 Å². The average Bonchev–Trinajstić information content (AvgIpc) is 3.41. The Morgan fingerprint density at radius 3 is 2.81 bits per heavy atom. The van der Waals surface area contributed by atoms with Gasteiger partial charge in [0.15, 0.2) is 5.65 Å². The van der Waals surface area contributed by atoms with E-state index in [9.17, 15) is 0 Å². The number of nitrogens with one attached hydrogen (secondary N) is 2. The van der Waals surface area contributed by atoms with Crippen molar-refractivity contribution in [2.45, 2.75) is 63.8 Å². The molecule has 1 atom stereocenters. The molecule has 6 rings (SSSR count). The Morgan fingerprint density at radius 1 is 1.12 bits per heavy atom. The standard InChI is InChI=1S/C25H30N6O/c1-15(2)20-14-26-31-24(20)29-23(16-9-11-32-12-10-16)30-25(31)27-17-7-8-22-19(13-17)18-5-3-4-6-21(18)28-22/h3-6,14-17,28H,7-13H2,1-2H3,(H,27,29,30)/t17-/m1/s1. The summed E-state index contributed by atoms with van der Waals surface area (Å²) in [6, 6.07) is 8.93. The van der Waals surface area contributed by atoms with Crippen LogP contribution in [0.3, 0.4) is 0 Å². The maximum atomic E-state index is 5.58. The molecule has 1 fully saturated rings. The number of aromatic amines is 1. The highest BCUT2D eigenvalue weighted by Gasteiger charge is 2.26. The molecule has 1 saturated heterocycles. The summed E-state index contributed by atoms with van der Waals surface area (Å²) in [5.74, 6) is 2.45. The minimum atomic E-state index is 0.314. The van der Waals surface area contributed by atoms with Crippen LogP contribution in [0.25, 0.3) is 16.6 Å². The molecule has 2 N–H and O–H groups in total. The first-order chi connectivity index (χ1) is 15.7. The van der Waals surface area contributed by atoms with Gasteiger partial charge in [-0.25, -0.2) is 4.98 Å². The average molecular weight is 431 g/mol. The van der Waals surface area contributed by atoms with Crippen molar-refractivity contribution >= 4 is 22.5 Å². The van der Waals surface area contributed by atoms with Gasteiger partial charge in [0.2, 0.25) is 5.95 Å². The Labute approximate surface area is 187 Å². The van der Waals surface area contributed by atoms with E-state index in [0.717, 1.165) is 62.7 Å². The lowest BCUT2D eigenvalue weighted by Gasteiger charge is -2.25. The molecule has 32 heavy (non-hydrogen) atoms. The minimum absolute atomic E-state index is 0.314. The predicted octanol–water partition coefficient (Wildman–Crippen LogP) is 4.59. The van der Waals surface area contributed by atoms with Crippen LogP contribution in [0.4, 0.5) is 5.95 Å². The second-order valence-corrected chi connectivity index (χ2v) is 9.49. The number of H-pyrrole nitrogens is 1. The fourth-order valence-corrected chi connectivity index (χ4v) is 5.23. The number of anilines is 1. The summed E-state index contributed by atoms with van der Waals surface area (Å²) in [5.41, 5.74) is 6.15. The third-order valence-corrected chi connectivity index (χ3v) is 7.05. The van der Waals surface area contributed by atoms with E-state index < -0.39 is 0 Å². The van der Waals surface area contributed by atoms with Gasteiger partial charge in [-0.3, -0.25) is 0 Å². The number of aromatic nitrogens is 5. The topological polar surface area (TPSA) is 80.1 Å². The van der Waals surface area contributed by atoms with Crippen LogP contribution >= 0.6 is 0 Å². The van der Waals surface area contributed by atoms with E-state index in [2.05, 4.69) is 53.5 Å². The summed E-state index contributed by atoms with van der Waals surface area (Å²) in [4.78, 5) is 13.6. The number of para-hydroxylation sites is 1. The number of hydrogen-bond donors (Lipinski definition) is 2. The molecule has 1 aliphatic heterocycles. The van der Waals surface area contributed by atoms with E-state index in [-0.39, 0.29) is 0 Å². The lowest BCUT2D eigenvalue weighted by Crippen LogP contribution is -2.29. The zero-order valence-electron chi connectivity index (χ0n) is 18.8. The van der Waals surface area contributed by atoms with Crippen molar-refractivity contribution in [2.24, 2.45) is 0 Å². The predicted molar refractivity (Wildman–Crippen MR) is 125 cm³/mol. The Hall–Kier alpha value is -2.93. The summed E-state index contributed by atoms with van der Waals surface area (Å²) in [6.07, 6.45) is 6.99. The molecule has 4 aromatic rings. The van der Waals surface area contributed by atoms with E-state index in [4.69, 9.17) is 14.7 Å². The number of benzene rings is 1. The van der Waals surface area contributed by atoms with Gasteiger partial charge in [0, 0.05) is 47.3 Å². The van der Waals surface area contributed by atoms with Gasteiger partial charge in [0.1, 0.15) is 5.82 Å². The van der Waals surface area contributed by atoms with Crippen molar-refractivity contribution in [1.29, 1.82) is 0 Å². The van der Waals surface area contributed by atoms with E-state index in [1.807, 2.05) is 10.7 Å². The molecule has 1 aliphatic carbocycles. The maximum absolute atomic E-state index is 5.58. The zero-order chi connectivity index (χ0) is 21.7. The largest absolute Gasteiger partial charge is 0.381 e. The van der Waals surface area contributed by atoms with Gasteiger partial charge in [0.25, 0.3) is 0 Å². The molecule has 3 aromatic heterocycles. The van der Waals surface area contributed by atoms with Crippen LogP contribution in [0.15, 0.2) is 30.5 Å². The first-order valence-electron chi connectivity index (χ1n) is 11.9. The van der Waals surface area contributed by atoms with Crippen LogP contribution in [0.5, 0.6) is 0 Å². The number of nitrogens with zero attached hydrogens (tertiary/aromatic N) is 4. The second kappa shape index (κ2) is 7.89. The third-order valence-electron chi connectivity index (χ3n) is 7.05. The molecule has 4 heterocycles. The van der Waals surface area contributed by atoms with E-state index in [1.54, 1.807) is 0 Å². The molecule has 2 aliphatic rings. The number of ether oxygens (including phenoxy) is 1. The first kappa shape index (κ1) is 19.7. The summed E-state index contributed by atoms with van der Waals surface area (Å²) >= 11 is 0. The normalized spacial score (nSPS) is 19.7. The highest BCUT2D eigenvalue weighted by molar-refractivity contribution is 5.85. The highest BCUT2D eigenvalue weighted by atomic mass is 16.5. The van der Waals surface area contributed by atoms with Crippen LogP contribution in [0.2, 0.25) is 0 Å². The Morgan fingerprint density at radius 2 is 1.97 bits per heavy atom. The lowest BCUT2D eigenvalue weighted by molar-refractivity contribution is 0.0836. The number of hydrogen-bond acceptors (Lipinski definition) is 5. The molecule has 7 heteroatoms. The van der Waals surface area contributed by atoms with Crippen LogP contribution in [-0.2, 0) is 17.6 Å². The van der Waals surface area contributed by atoms with E-state index in [0.29, 0.717) is 17.9 Å². The highest BCUT2D eigenvalue weighted by Crippen LogP contribution is 2.32. The lowest BCUT2D eigenvalue weighted by atomic mass is 9.91. The van der Waals surface area contributed by atoms with Crippen molar-refractivity contribution in [3.05, 3.63) is 53.1 Å². The molecular formula is C25H30N6O. The Kier molecular flexibility index (Phi) is 4.86. The monoisotopic (exact) mass is 430 g/mol. The van der Waals surface area contributed by atoms with Crippen LogP contribution < -0.4 is 5.32 Å². The molecule has 1 aromatic carbocycles. The minimum Gasteiger partial charge on any atom is -0.381 e. The van der Waals surface area contributed by atoms with E-state index in [1.165, 1.54) is 27.7 Å². The fraction of sp³-hybridized carbons (Fsp3) is 0.480. The van der Waals surface area contributed by atoms with E-state index >= 15 is 0 Å². The molecule has 0 saturated carbocycles. The summed E-state index contributed by atoms with van der Waals surface area (Å²) in [5, 5.41) is 9.77. The number of rotatable bonds is 4.